The molecule has 0 unspecified atom stereocenters. The summed E-state index contributed by atoms with van der Waals surface area (Å²) in [5, 5.41) is 27.2. The highest BCUT2D eigenvalue weighted by molar-refractivity contribution is 5.49. The standard InChI is InChI=1S/C9H12O4/c1-13-9-7(5-11)6(4-10)2-3-8(9)12/h2-3,10-12H,4-5H2,1H3. The van der Waals surface area contributed by atoms with Gasteiger partial charge in [-0.3, -0.25) is 0 Å². The first-order valence-corrected chi connectivity index (χ1v) is 3.84. The second kappa shape index (κ2) is 4.11. The van der Waals surface area contributed by atoms with Crippen molar-refractivity contribution in [2.24, 2.45) is 0 Å². The van der Waals surface area contributed by atoms with Gasteiger partial charge in [-0.15, -0.1) is 0 Å². The number of rotatable bonds is 3. The molecule has 0 spiro atoms. The summed E-state index contributed by atoms with van der Waals surface area (Å²) in [7, 11) is 1.40. The van der Waals surface area contributed by atoms with Gasteiger partial charge in [0.25, 0.3) is 0 Å². The third kappa shape index (κ3) is 1.74. The largest absolute Gasteiger partial charge is 0.504 e. The topological polar surface area (TPSA) is 69.9 Å². The van der Waals surface area contributed by atoms with Gasteiger partial charge in [0.15, 0.2) is 11.5 Å². The molecule has 0 fully saturated rings. The third-order valence-corrected chi connectivity index (χ3v) is 1.87. The molecular formula is C9H12O4. The number of phenolic OH excluding ortho intramolecular Hbond substituents is 1. The number of aliphatic hydroxyl groups is 2. The fourth-order valence-corrected chi connectivity index (χ4v) is 1.21. The maximum atomic E-state index is 9.32. The van der Waals surface area contributed by atoms with Crippen LogP contribution in [0, 0.1) is 0 Å². The molecule has 0 aliphatic carbocycles. The predicted octanol–water partition coefficient (Wildman–Crippen LogP) is 0.385. The van der Waals surface area contributed by atoms with Crippen molar-refractivity contribution in [1.29, 1.82) is 0 Å². The van der Waals surface area contributed by atoms with E-state index in [1.165, 1.54) is 13.2 Å². The average molecular weight is 184 g/mol. The number of phenols is 1. The van der Waals surface area contributed by atoms with Crippen molar-refractivity contribution >= 4 is 0 Å². The van der Waals surface area contributed by atoms with Crippen LogP contribution >= 0.6 is 0 Å². The molecule has 0 aliphatic rings. The summed E-state index contributed by atoms with van der Waals surface area (Å²) < 4.78 is 4.89. The fraction of sp³-hybridized carbons (Fsp3) is 0.333. The average Bonchev–Trinajstić information content (AvgIpc) is 2.17. The molecule has 0 atom stereocenters. The highest BCUT2D eigenvalue weighted by atomic mass is 16.5. The molecule has 0 heterocycles. The Kier molecular flexibility index (Phi) is 3.11. The van der Waals surface area contributed by atoms with E-state index in [4.69, 9.17) is 14.9 Å². The molecule has 1 aromatic carbocycles. The van der Waals surface area contributed by atoms with Gasteiger partial charge in [-0.25, -0.2) is 0 Å². The number of benzene rings is 1. The molecule has 0 saturated carbocycles. The SMILES string of the molecule is COc1c(O)ccc(CO)c1CO. The van der Waals surface area contributed by atoms with Gasteiger partial charge in [0, 0.05) is 5.56 Å². The molecule has 3 N–H and O–H groups in total. The lowest BCUT2D eigenvalue weighted by molar-refractivity contribution is 0.251. The number of methoxy groups -OCH3 is 1. The molecule has 4 heteroatoms. The van der Waals surface area contributed by atoms with E-state index in [0.29, 0.717) is 11.1 Å². The van der Waals surface area contributed by atoms with Gasteiger partial charge < -0.3 is 20.1 Å². The Morgan fingerprint density at radius 2 is 1.92 bits per heavy atom. The third-order valence-electron chi connectivity index (χ3n) is 1.87. The zero-order valence-electron chi connectivity index (χ0n) is 7.32. The van der Waals surface area contributed by atoms with Crippen molar-refractivity contribution < 1.29 is 20.1 Å². The van der Waals surface area contributed by atoms with E-state index in [2.05, 4.69) is 0 Å². The molecular weight excluding hydrogens is 172 g/mol. The Hall–Kier alpha value is -1.26. The summed E-state index contributed by atoms with van der Waals surface area (Å²) in [6, 6.07) is 2.97. The van der Waals surface area contributed by atoms with Crippen molar-refractivity contribution in [3.63, 3.8) is 0 Å². The quantitative estimate of drug-likeness (QED) is 0.635. The first-order valence-electron chi connectivity index (χ1n) is 3.84. The van der Waals surface area contributed by atoms with Gasteiger partial charge in [0.1, 0.15) is 0 Å². The van der Waals surface area contributed by atoms with Crippen LogP contribution in [0.1, 0.15) is 11.1 Å². The van der Waals surface area contributed by atoms with Gasteiger partial charge in [0.05, 0.1) is 20.3 Å². The van der Waals surface area contributed by atoms with Crippen molar-refractivity contribution in [2.75, 3.05) is 7.11 Å². The van der Waals surface area contributed by atoms with Crippen LogP contribution in [0.25, 0.3) is 0 Å². The number of ether oxygens (including phenoxy) is 1. The summed E-state index contributed by atoms with van der Waals surface area (Å²) in [5.41, 5.74) is 0.974. The highest BCUT2D eigenvalue weighted by Crippen LogP contribution is 2.32. The molecule has 13 heavy (non-hydrogen) atoms. The fourth-order valence-electron chi connectivity index (χ4n) is 1.21. The van der Waals surface area contributed by atoms with E-state index in [9.17, 15) is 5.11 Å². The summed E-state index contributed by atoms with van der Waals surface area (Å²) in [5.74, 6) is 0.179. The Labute approximate surface area is 76.0 Å². The number of hydrogen-bond donors (Lipinski definition) is 3. The summed E-state index contributed by atoms with van der Waals surface area (Å²) in [6.07, 6.45) is 0. The molecule has 1 aromatic rings. The lowest BCUT2D eigenvalue weighted by Gasteiger charge is -2.11. The smallest absolute Gasteiger partial charge is 0.166 e. The number of aromatic hydroxyl groups is 1. The van der Waals surface area contributed by atoms with E-state index >= 15 is 0 Å². The van der Waals surface area contributed by atoms with Crippen LogP contribution in [0.15, 0.2) is 12.1 Å². The minimum atomic E-state index is -0.270. The molecule has 72 valence electrons. The van der Waals surface area contributed by atoms with Crippen LogP contribution < -0.4 is 4.74 Å². The maximum absolute atomic E-state index is 9.32. The van der Waals surface area contributed by atoms with Crippen LogP contribution in [-0.2, 0) is 13.2 Å². The number of aliphatic hydroxyl groups excluding tert-OH is 2. The summed E-state index contributed by atoms with van der Waals surface area (Å²) in [6.45, 7) is -0.458. The second-order valence-corrected chi connectivity index (χ2v) is 2.57. The van der Waals surface area contributed by atoms with E-state index in [0.717, 1.165) is 0 Å². The van der Waals surface area contributed by atoms with E-state index in [1.807, 2.05) is 0 Å². The molecule has 1 rings (SSSR count). The number of hydrogen-bond acceptors (Lipinski definition) is 4. The molecule has 4 nitrogen and oxygen atoms in total. The van der Waals surface area contributed by atoms with E-state index in [-0.39, 0.29) is 24.7 Å². The molecule has 0 aromatic heterocycles. The van der Waals surface area contributed by atoms with Crippen molar-refractivity contribution in [3.05, 3.63) is 23.3 Å². The van der Waals surface area contributed by atoms with Crippen LogP contribution in [-0.4, -0.2) is 22.4 Å². The van der Waals surface area contributed by atoms with Crippen LogP contribution in [0.3, 0.4) is 0 Å². The summed E-state index contributed by atoms with van der Waals surface area (Å²) in [4.78, 5) is 0. The Bertz CT molecular complexity index is 296. The van der Waals surface area contributed by atoms with E-state index in [1.54, 1.807) is 6.07 Å². The maximum Gasteiger partial charge on any atom is 0.166 e. The minimum absolute atomic E-state index is 0.0382. The first-order chi connectivity index (χ1) is 6.24. The van der Waals surface area contributed by atoms with Crippen molar-refractivity contribution in [2.45, 2.75) is 13.2 Å². The van der Waals surface area contributed by atoms with Crippen LogP contribution in [0.5, 0.6) is 11.5 Å². The van der Waals surface area contributed by atoms with Gasteiger partial charge >= 0.3 is 0 Å². The highest BCUT2D eigenvalue weighted by Gasteiger charge is 2.11. The molecule has 0 amide bonds. The zero-order chi connectivity index (χ0) is 9.84. The van der Waals surface area contributed by atoms with Crippen molar-refractivity contribution in [3.8, 4) is 11.5 Å². The molecule has 0 radical (unpaired) electrons. The van der Waals surface area contributed by atoms with Crippen LogP contribution in [0.2, 0.25) is 0 Å². The lowest BCUT2D eigenvalue weighted by Crippen LogP contribution is -1.98. The Balaban J connectivity index is 3.27. The Morgan fingerprint density at radius 3 is 2.38 bits per heavy atom. The lowest BCUT2D eigenvalue weighted by atomic mass is 10.1. The zero-order valence-corrected chi connectivity index (χ0v) is 7.32. The first kappa shape index (κ1) is 9.83. The molecule has 0 bridgehead atoms. The van der Waals surface area contributed by atoms with Crippen molar-refractivity contribution in [1.82, 2.24) is 0 Å². The van der Waals surface area contributed by atoms with Gasteiger partial charge in [0.2, 0.25) is 0 Å². The van der Waals surface area contributed by atoms with Gasteiger partial charge in [-0.2, -0.15) is 0 Å². The Morgan fingerprint density at radius 1 is 1.23 bits per heavy atom. The summed E-state index contributed by atoms with van der Waals surface area (Å²) >= 11 is 0. The monoisotopic (exact) mass is 184 g/mol. The van der Waals surface area contributed by atoms with Crippen LogP contribution in [0.4, 0.5) is 0 Å². The van der Waals surface area contributed by atoms with Gasteiger partial charge in [-0.1, -0.05) is 6.07 Å². The van der Waals surface area contributed by atoms with Gasteiger partial charge in [-0.05, 0) is 11.6 Å². The second-order valence-electron chi connectivity index (χ2n) is 2.57. The molecule has 0 saturated heterocycles. The molecule has 0 aliphatic heterocycles. The predicted molar refractivity (Wildman–Crippen MR) is 46.5 cm³/mol. The van der Waals surface area contributed by atoms with E-state index < -0.39 is 0 Å². The normalized spacial score (nSPS) is 10.1. The minimum Gasteiger partial charge on any atom is -0.504 e.